The number of amides is 7. The second-order valence-electron chi connectivity index (χ2n) is 25.8. The van der Waals surface area contributed by atoms with Crippen molar-refractivity contribution >= 4 is 64.7 Å². The number of ether oxygens (including phenoxy) is 7. The van der Waals surface area contributed by atoms with Gasteiger partial charge in [0.05, 0.1) is 96.9 Å². The van der Waals surface area contributed by atoms with E-state index in [9.17, 15) is 48.3 Å². The van der Waals surface area contributed by atoms with Crippen molar-refractivity contribution in [2.45, 2.75) is 140 Å². The number of aliphatic hydroxyl groups is 1. The van der Waals surface area contributed by atoms with E-state index in [1.165, 1.54) is 19.1 Å². The zero-order chi connectivity index (χ0) is 71.2. The average Bonchev–Trinajstić information content (AvgIpc) is 1.58. The van der Waals surface area contributed by atoms with Crippen LogP contribution in [-0.2, 0) is 95.7 Å². The predicted octanol–water partition coefficient (Wildman–Crippen LogP) is 4.72. The fourth-order valence-corrected chi connectivity index (χ4v) is 14.5. The number of rotatable bonds is 40. The number of nitrogens with one attached hydrogen (secondary N) is 6. The van der Waals surface area contributed by atoms with Crippen LogP contribution in [0.2, 0.25) is 0 Å². The van der Waals surface area contributed by atoms with Crippen LogP contribution in [0, 0.1) is 22.7 Å². The molecule has 5 aliphatic rings. The first-order valence-corrected chi connectivity index (χ1v) is 34.1. The number of anilines is 1. The van der Waals surface area contributed by atoms with Gasteiger partial charge in [0.2, 0.25) is 41.4 Å². The predicted molar refractivity (Wildman–Crippen MR) is 360 cm³/mol. The maximum Gasteiger partial charge on any atom is 0.243 e. The van der Waals surface area contributed by atoms with Crippen LogP contribution in [0.4, 0.5) is 14.5 Å². The molecule has 7 amide bonds. The van der Waals surface area contributed by atoms with Gasteiger partial charge in [0.1, 0.15) is 25.6 Å². The average molecular weight is 1380 g/mol. The number of aryl methyl sites for hydroxylation is 1. The topological polar surface area (TPSA) is 314 Å². The van der Waals surface area contributed by atoms with Crippen molar-refractivity contribution in [2.75, 3.05) is 97.3 Å². The summed E-state index contributed by atoms with van der Waals surface area (Å²) in [6.07, 6.45) is 1.84. The van der Waals surface area contributed by atoms with Crippen molar-refractivity contribution in [1.82, 2.24) is 31.9 Å². The third kappa shape index (κ3) is 18.9. The Balaban J connectivity index is 0.655. The lowest BCUT2D eigenvalue weighted by molar-refractivity contribution is -0.235. The largest absolute Gasteiger partial charge is 0.390 e. The summed E-state index contributed by atoms with van der Waals surface area (Å²) in [7, 11) is 0. The number of aliphatic hydroxyl groups excluding tert-OH is 1. The zero-order valence-corrected chi connectivity index (χ0v) is 56.9. The number of nitrogens with zero attached hydrogens (tertiary/aromatic N) is 1. The smallest absolute Gasteiger partial charge is 0.243 e. The SMILES string of the molecule is C=Cc1ccccc1N(Cc1ccccc1CC)C(=O)CCC(=O)NCCOCCOCCOCCOCCC(=O)NCC(=O)NCC(=O)N[C@@H](Cc1ccccc1)C(=O)NCC(=O)NCOCC(=O)[C@@]12OC(CCC)O[C@@H]1C[C@H]1[C@@H]3C[C@H](F)C4=CC(=O)C=C[C@]4(C)[C@@]3(F)[C@@H](O)C[C@@]12C. The molecular formula is C73H95F2N7O17. The van der Waals surface area contributed by atoms with Crippen LogP contribution in [0.15, 0.2) is 109 Å². The van der Waals surface area contributed by atoms with Gasteiger partial charge in [-0.3, -0.25) is 43.2 Å². The minimum Gasteiger partial charge on any atom is -0.390 e. The Morgan fingerprint density at radius 3 is 2.05 bits per heavy atom. The minimum absolute atomic E-state index is 0.0141. The highest BCUT2D eigenvalue weighted by Gasteiger charge is 2.80. The number of para-hydroxylation sites is 1. The van der Waals surface area contributed by atoms with Gasteiger partial charge < -0.3 is 75.1 Å². The molecular weight excluding hydrogens is 1280 g/mol. The minimum atomic E-state index is -2.38. The molecule has 4 fully saturated rings. The van der Waals surface area contributed by atoms with E-state index in [-0.39, 0.29) is 102 Å². The first-order valence-electron chi connectivity index (χ1n) is 34.1. The molecule has 1 aliphatic heterocycles. The molecule has 0 bridgehead atoms. The third-order valence-electron chi connectivity index (χ3n) is 19.5. The number of carbonyl (C=O) groups excluding carboxylic acids is 9. The van der Waals surface area contributed by atoms with E-state index >= 15 is 8.78 Å². The highest BCUT2D eigenvalue weighted by Crippen LogP contribution is 2.72. The number of halogens is 2. The highest BCUT2D eigenvalue weighted by atomic mass is 19.1. The van der Waals surface area contributed by atoms with Gasteiger partial charge in [-0.15, -0.1) is 0 Å². The molecule has 1 saturated heterocycles. The van der Waals surface area contributed by atoms with E-state index in [0.717, 1.165) is 34.9 Å². The molecule has 1 heterocycles. The van der Waals surface area contributed by atoms with Gasteiger partial charge in [-0.05, 0) is 91.0 Å². The molecule has 3 saturated carbocycles. The van der Waals surface area contributed by atoms with E-state index in [1.807, 2.05) is 49.4 Å². The molecule has 4 aliphatic carbocycles. The molecule has 26 heteroatoms. The lowest BCUT2D eigenvalue weighted by Crippen LogP contribution is -2.71. The third-order valence-corrected chi connectivity index (χ3v) is 19.5. The van der Waals surface area contributed by atoms with Crippen LogP contribution in [-0.4, -0.2) is 192 Å². The number of benzene rings is 3. The molecule has 1 unspecified atom stereocenters. The van der Waals surface area contributed by atoms with Crippen LogP contribution in [0.5, 0.6) is 0 Å². The van der Waals surface area contributed by atoms with Gasteiger partial charge in [-0.1, -0.05) is 119 Å². The fraction of sp³-hybridized carbons (Fsp3) is 0.548. The number of hydrogen-bond acceptors (Lipinski definition) is 17. The molecule has 3 aromatic carbocycles. The molecule has 3 aromatic rings. The number of Topliss-reactive ketones (excluding diaryl/α,β-unsaturated/α-hetero) is 1. The molecule has 0 radical (unpaired) electrons. The molecule has 8 rings (SSSR count). The van der Waals surface area contributed by atoms with E-state index in [4.69, 9.17) is 33.2 Å². The first-order chi connectivity index (χ1) is 47.6. The normalized spacial score (nSPS) is 25.1. The van der Waals surface area contributed by atoms with Crippen LogP contribution in [0.1, 0.15) is 101 Å². The summed E-state index contributed by atoms with van der Waals surface area (Å²) >= 11 is 0. The summed E-state index contributed by atoms with van der Waals surface area (Å²) in [5.41, 5.74) is -2.58. The lowest BCUT2D eigenvalue weighted by atomic mass is 9.44. The van der Waals surface area contributed by atoms with Gasteiger partial charge in [-0.25, -0.2) is 8.78 Å². The quantitative estimate of drug-likeness (QED) is 0.0299. The Morgan fingerprint density at radius 1 is 0.717 bits per heavy atom. The van der Waals surface area contributed by atoms with Gasteiger partial charge in [-0.2, -0.15) is 0 Å². The van der Waals surface area contributed by atoms with Gasteiger partial charge in [0.25, 0.3) is 0 Å². The van der Waals surface area contributed by atoms with Crippen LogP contribution < -0.4 is 36.8 Å². The van der Waals surface area contributed by atoms with Gasteiger partial charge >= 0.3 is 0 Å². The number of carbonyl (C=O) groups is 9. The van der Waals surface area contributed by atoms with Gasteiger partial charge in [0, 0.05) is 49.0 Å². The maximum atomic E-state index is 17.9. The lowest BCUT2D eigenvalue weighted by Gasteiger charge is -2.63. The summed E-state index contributed by atoms with van der Waals surface area (Å²) in [4.78, 5) is 120. The molecule has 538 valence electrons. The van der Waals surface area contributed by atoms with Crippen molar-refractivity contribution in [3.63, 3.8) is 0 Å². The summed E-state index contributed by atoms with van der Waals surface area (Å²) in [5.74, 6) is -6.56. The first kappa shape index (κ1) is 76.8. The Labute approximate surface area is 576 Å². The molecule has 0 aromatic heterocycles. The number of alkyl halides is 2. The summed E-state index contributed by atoms with van der Waals surface area (Å²) in [5, 5.41) is 27.1. The number of allylic oxidation sites excluding steroid dienone is 4. The molecule has 11 atom stereocenters. The molecule has 0 spiro atoms. The van der Waals surface area contributed by atoms with E-state index < -0.39 is 139 Å². The Kier molecular flexibility index (Phi) is 28.2. The maximum absolute atomic E-state index is 17.9. The summed E-state index contributed by atoms with van der Waals surface area (Å²) in [6, 6.07) is 23.1. The van der Waals surface area contributed by atoms with Crippen molar-refractivity contribution in [3.8, 4) is 0 Å². The zero-order valence-electron chi connectivity index (χ0n) is 56.9. The van der Waals surface area contributed by atoms with Crippen molar-refractivity contribution < 1.29 is 90.2 Å². The Morgan fingerprint density at radius 2 is 1.34 bits per heavy atom. The second-order valence-corrected chi connectivity index (χ2v) is 25.8. The van der Waals surface area contributed by atoms with Crippen LogP contribution >= 0.6 is 0 Å². The van der Waals surface area contributed by atoms with Gasteiger partial charge in [0.15, 0.2) is 29.1 Å². The molecule has 99 heavy (non-hydrogen) atoms. The van der Waals surface area contributed by atoms with Crippen molar-refractivity contribution in [1.29, 1.82) is 0 Å². The second kappa shape index (κ2) is 36.4. The number of ketones is 2. The van der Waals surface area contributed by atoms with Crippen molar-refractivity contribution in [2.24, 2.45) is 22.7 Å². The van der Waals surface area contributed by atoms with E-state index in [0.29, 0.717) is 44.8 Å². The Hall–Kier alpha value is -7.95. The molecule has 24 nitrogen and oxygen atoms in total. The number of fused-ring (bicyclic) bond motifs is 7. The van der Waals surface area contributed by atoms with E-state index in [1.54, 1.807) is 48.2 Å². The Bertz CT molecular complexity index is 3400. The number of hydrogen-bond donors (Lipinski definition) is 7. The summed E-state index contributed by atoms with van der Waals surface area (Å²) < 4.78 is 74.7. The van der Waals surface area contributed by atoms with Crippen LogP contribution in [0.25, 0.3) is 6.08 Å². The standard InChI is InChI=1S/C73H95F2N7O17/c1-6-16-68-98-61-40-53-54-39-56(74)55-38-52(83)25-27-70(55,4)72(54,75)59(84)41-71(53,5)73(61,99-68)60(85)46-97-47-80-65(89)43-79-69(92)57(37-48-17-10-9-11-18-48)81-66(90)44-78-64(88)42-77-63(87)26-29-93-31-33-95-35-36-96-34-32-94-30-28-76-62(86)23-24-67(91)82(58-22-15-14-20-50(58)8-3)45-51-21-13-12-19-49(51)7-2/h8-15,17-22,25,27,38,53-54,56-57,59,61,68,84H,3,6-7,16,23-24,26,28-37,39-47H2,1-2,4-5H3,(H,76,86)(H,77,87)(H,78,88)(H,79,92)(H,80,89)(H,81,90)/t53-,54-,56-,57-,59-,61+,68?,70-,71-,72-,73+/m0/s1. The highest BCUT2D eigenvalue weighted by molar-refractivity contribution is 6.01. The monoisotopic (exact) mass is 1380 g/mol. The van der Waals surface area contributed by atoms with Crippen LogP contribution in [0.3, 0.4) is 0 Å². The fourth-order valence-electron chi connectivity index (χ4n) is 14.5. The van der Waals surface area contributed by atoms with E-state index in [2.05, 4.69) is 51.5 Å². The molecule has 7 N–H and O–H groups in total. The van der Waals surface area contributed by atoms with Crippen molar-refractivity contribution in [3.05, 3.63) is 131 Å². The summed E-state index contributed by atoms with van der Waals surface area (Å²) in [6.45, 7) is 11.1.